The number of nitrogens with one attached hydrogen (secondary N) is 1. The molecule has 0 fully saturated rings. The Bertz CT molecular complexity index is 413. The van der Waals surface area contributed by atoms with Crippen LogP contribution < -0.4 is 10.2 Å². The van der Waals surface area contributed by atoms with Crippen molar-refractivity contribution in [2.75, 3.05) is 23.8 Å². The predicted molar refractivity (Wildman–Crippen MR) is 72.0 cm³/mol. The van der Waals surface area contributed by atoms with Gasteiger partial charge < -0.3 is 10.2 Å². The van der Waals surface area contributed by atoms with Crippen molar-refractivity contribution in [3.8, 4) is 6.07 Å². The Balaban J connectivity index is 3.04. The van der Waals surface area contributed by atoms with Gasteiger partial charge in [-0.1, -0.05) is 0 Å². The molecule has 1 N–H and O–H groups in total. The highest BCUT2D eigenvalue weighted by Gasteiger charge is 2.15. The van der Waals surface area contributed by atoms with E-state index in [1.807, 2.05) is 0 Å². The zero-order chi connectivity index (χ0) is 12.8. The molecule has 1 aromatic heterocycles. The summed E-state index contributed by atoms with van der Waals surface area (Å²) in [7, 11) is 1.78. The molecule has 0 aliphatic carbocycles. The van der Waals surface area contributed by atoms with Crippen molar-refractivity contribution in [2.45, 2.75) is 26.3 Å². The second-order valence-electron chi connectivity index (χ2n) is 3.81. The molecule has 0 radical (unpaired) electrons. The van der Waals surface area contributed by atoms with E-state index in [1.165, 1.54) is 0 Å². The quantitative estimate of drug-likeness (QED) is 0.904. The number of halogens is 1. The Hall–Kier alpha value is -1.35. The van der Waals surface area contributed by atoms with Crippen molar-refractivity contribution in [2.24, 2.45) is 0 Å². The molecule has 1 aromatic rings. The molecule has 92 valence electrons. The maximum atomic E-state index is 8.68. The lowest BCUT2D eigenvalue weighted by molar-refractivity contribution is 0.674. The lowest BCUT2D eigenvalue weighted by Crippen LogP contribution is -2.32. The van der Waals surface area contributed by atoms with E-state index in [2.05, 4.69) is 56.0 Å². The molecule has 0 amide bonds. The normalized spacial score (nSPS) is 10.1. The highest BCUT2D eigenvalue weighted by Crippen LogP contribution is 2.25. The minimum Gasteiger partial charge on any atom is -0.357 e. The third kappa shape index (κ3) is 3.56. The summed E-state index contributed by atoms with van der Waals surface area (Å²) in [6.45, 7) is 4.81. The highest BCUT2D eigenvalue weighted by molar-refractivity contribution is 9.10. The number of nitrogens with zero attached hydrogens (tertiary/aromatic N) is 4. The van der Waals surface area contributed by atoms with E-state index in [1.54, 1.807) is 13.2 Å². The zero-order valence-electron chi connectivity index (χ0n) is 10.2. The summed E-state index contributed by atoms with van der Waals surface area (Å²) in [4.78, 5) is 10.6. The molecule has 0 aromatic carbocycles. The van der Waals surface area contributed by atoms with E-state index < -0.39 is 0 Å². The third-order valence-corrected chi connectivity index (χ3v) is 2.87. The van der Waals surface area contributed by atoms with Crippen LogP contribution in [-0.2, 0) is 0 Å². The van der Waals surface area contributed by atoms with Crippen molar-refractivity contribution in [3.05, 3.63) is 10.7 Å². The highest BCUT2D eigenvalue weighted by atomic mass is 79.9. The van der Waals surface area contributed by atoms with Gasteiger partial charge in [-0.3, -0.25) is 0 Å². The number of hydrogen-bond acceptors (Lipinski definition) is 5. The molecule has 17 heavy (non-hydrogen) atoms. The van der Waals surface area contributed by atoms with E-state index in [0.29, 0.717) is 18.9 Å². The SMILES string of the molecule is CNc1ncc(Br)c(N(CCC#N)C(C)C)n1. The Morgan fingerprint density at radius 1 is 1.59 bits per heavy atom. The number of rotatable bonds is 5. The largest absolute Gasteiger partial charge is 0.357 e. The zero-order valence-corrected chi connectivity index (χ0v) is 11.8. The molecule has 6 heteroatoms. The summed E-state index contributed by atoms with van der Waals surface area (Å²) in [6, 6.07) is 2.43. The van der Waals surface area contributed by atoms with Crippen LogP contribution in [0.5, 0.6) is 0 Å². The molecule has 0 aliphatic heterocycles. The first kappa shape index (κ1) is 13.7. The minimum atomic E-state index is 0.277. The molecule has 5 nitrogen and oxygen atoms in total. The van der Waals surface area contributed by atoms with Gasteiger partial charge in [0.15, 0.2) is 0 Å². The number of anilines is 2. The first-order chi connectivity index (χ1) is 8.10. The summed E-state index contributed by atoms with van der Waals surface area (Å²) in [6.07, 6.45) is 2.19. The fourth-order valence-corrected chi connectivity index (χ4v) is 1.88. The number of nitriles is 1. The van der Waals surface area contributed by atoms with Crippen molar-refractivity contribution in [1.82, 2.24) is 9.97 Å². The summed E-state index contributed by atoms with van der Waals surface area (Å²) >= 11 is 3.44. The van der Waals surface area contributed by atoms with E-state index >= 15 is 0 Å². The fourth-order valence-electron chi connectivity index (χ4n) is 1.46. The van der Waals surface area contributed by atoms with Gasteiger partial charge in [0.25, 0.3) is 0 Å². The number of aromatic nitrogens is 2. The standard InChI is InChI=1S/C11H16BrN5/c1-8(2)17(6-4-5-13)10-9(12)7-15-11(14-3)16-10/h7-8H,4,6H2,1-3H3,(H,14,15,16). The van der Waals surface area contributed by atoms with Crippen molar-refractivity contribution in [1.29, 1.82) is 5.26 Å². The topological polar surface area (TPSA) is 64.8 Å². The molecule has 0 atom stereocenters. The average molecular weight is 298 g/mol. The maximum Gasteiger partial charge on any atom is 0.224 e. The smallest absolute Gasteiger partial charge is 0.224 e. The summed E-state index contributed by atoms with van der Waals surface area (Å²) in [5.74, 6) is 1.39. The Kier molecular flexibility index (Phi) is 5.16. The Morgan fingerprint density at radius 2 is 2.29 bits per heavy atom. The molecule has 1 rings (SSSR count). The molecule has 0 saturated heterocycles. The van der Waals surface area contributed by atoms with Crippen LogP contribution in [0.4, 0.5) is 11.8 Å². The van der Waals surface area contributed by atoms with Crippen molar-refractivity contribution >= 4 is 27.7 Å². The second-order valence-corrected chi connectivity index (χ2v) is 4.66. The van der Waals surface area contributed by atoms with Crippen molar-refractivity contribution < 1.29 is 0 Å². The van der Waals surface area contributed by atoms with Gasteiger partial charge in [0.2, 0.25) is 5.95 Å². The maximum absolute atomic E-state index is 8.68. The first-order valence-electron chi connectivity index (χ1n) is 5.44. The fraction of sp³-hybridized carbons (Fsp3) is 0.545. The van der Waals surface area contributed by atoms with Gasteiger partial charge in [0.05, 0.1) is 17.0 Å². The summed E-state index contributed by atoms with van der Waals surface area (Å²) in [5.41, 5.74) is 0. The minimum absolute atomic E-state index is 0.277. The van der Waals surface area contributed by atoms with Gasteiger partial charge >= 0.3 is 0 Å². The van der Waals surface area contributed by atoms with Gasteiger partial charge in [0, 0.05) is 25.8 Å². The average Bonchev–Trinajstić information content (AvgIpc) is 2.31. The summed E-state index contributed by atoms with van der Waals surface area (Å²) < 4.78 is 0.836. The first-order valence-corrected chi connectivity index (χ1v) is 6.23. The molecular formula is C11H16BrN5. The lowest BCUT2D eigenvalue weighted by Gasteiger charge is -2.27. The molecule has 0 saturated carbocycles. The molecule has 0 spiro atoms. The molecular weight excluding hydrogens is 282 g/mol. The van der Waals surface area contributed by atoms with Gasteiger partial charge in [-0.25, -0.2) is 4.98 Å². The van der Waals surface area contributed by atoms with Gasteiger partial charge in [-0.05, 0) is 29.8 Å². The van der Waals surface area contributed by atoms with Crippen LogP contribution in [0.2, 0.25) is 0 Å². The van der Waals surface area contributed by atoms with Crippen LogP contribution in [0.1, 0.15) is 20.3 Å². The Labute approximate surface area is 110 Å². The molecule has 1 heterocycles. The summed E-state index contributed by atoms with van der Waals surface area (Å²) in [5, 5.41) is 11.6. The van der Waals surface area contributed by atoms with Crippen LogP contribution in [0.3, 0.4) is 0 Å². The third-order valence-electron chi connectivity index (χ3n) is 2.31. The molecule has 0 unspecified atom stereocenters. The molecule has 0 aliphatic rings. The van der Waals surface area contributed by atoms with E-state index in [4.69, 9.17) is 5.26 Å². The monoisotopic (exact) mass is 297 g/mol. The Morgan fingerprint density at radius 3 is 2.82 bits per heavy atom. The van der Waals surface area contributed by atoms with Crippen LogP contribution in [0.15, 0.2) is 10.7 Å². The molecule has 0 bridgehead atoms. The van der Waals surface area contributed by atoms with E-state index in [9.17, 15) is 0 Å². The van der Waals surface area contributed by atoms with Gasteiger partial charge in [-0.15, -0.1) is 0 Å². The second kappa shape index (κ2) is 6.40. The predicted octanol–water partition coefficient (Wildman–Crippen LogP) is 2.41. The van der Waals surface area contributed by atoms with E-state index in [0.717, 1.165) is 10.3 Å². The van der Waals surface area contributed by atoms with E-state index in [-0.39, 0.29) is 6.04 Å². The number of hydrogen-bond donors (Lipinski definition) is 1. The van der Waals surface area contributed by atoms with Crippen LogP contribution in [0.25, 0.3) is 0 Å². The van der Waals surface area contributed by atoms with Gasteiger partial charge in [0.1, 0.15) is 5.82 Å². The van der Waals surface area contributed by atoms with Gasteiger partial charge in [-0.2, -0.15) is 10.2 Å². The van der Waals surface area contributed by atoms with Crippen LogP contribution >= 0.6 is 15.9 Å². The van der Waals surface area contributed by atoms with Crippen LogP contribution in [0, 0.1) is 11.3 Å². The lowest BCUT2D eigenvalue weighted by atomic mass is 10.3. The van der Waals surface area contributed by atoms with Crippen LogP contribution in [-0.4, -0.2) is 29.6 Å². The van der Waals surface area contributed by atoms with Crippen molar-refractivity contribution in [3.63, 3.8) is 0 Å².